The highest BCUT2D eigenvalue weighted by atomic mass is 35.5. The van der Waals surface area contributed by atoms with E-state index in [1.807, 2.05) is 80.6 Å². The Balaban J connectivity index is 1.50. The summed E-state index contributed by atoms with van der Waals surface area (Å²) in [6, 6.07) is 25.0. The lowest BCUT2D eigenvalue weighted by molar-refractivity contribution is -0.113. The molecule has 35 heavy (non-hydrogen) atoms. The van der Waals surface area contributed by atoms with Crippen molar-refractivity contribution in [3.8, 4) is 0 Å². The maximum absolute atomic E-state index is 13.6. The number of carbonyl (C=O) groups is 1. The van der Waals surface area contributed by atoms with E-state index in [2.05, 4.69) is 22.8 Å². The van der Waals surface area contributed by atoms with Crippen LogP contribution in [0.1, 0.15) is 29.7 Å². The zero-order valence-electron chi connectivity index (χ0n) is 19.3. The summed E-state index contributed by atoms with van der Waals surface area (Å²) in [7, 11) is 0. The SMILES string of the molecule is CC1=C(C(=O)Nc2ccccc2C)[C@H](c2ccc(Cl)cc2)n2nc(SCc3ccccc3)nc2N1. The minimum Gasteiger partial charge on any atom is -0.328 e. The van der Waals surface area contributed by atoms with E-state index in [1.165, 1.54) is 5.56 Å². The van der Waals surface area contributed by atoms with E-state index < -0.39 is 6.04 Å². The third kappa shape index (κ3) is 4.97. The molecule has 2 heterocycles. The van der Waals surface area contributed by atoms with Gasteiger partial charge in [0.1, 0.15) is 6.04 Å². The molecule has 0 saturated heterocycles. The molecule has 8 heteroatoms. The fourth-order valence-corrected chi connectivity index (χ4v) is 4.98. The van der Waals surface area contributed by atoms with Gasteiger partial charge < -0.3 is 10.6 Å². The molecule has 5 rings (SSSR count). The Bertz CT molecular complexity index is 1400. The average molecular weight is 502 g/mol. The van der Waals surface area contributed by atoms with Crippen molar-refractivity contribution in [3.05, 3.63) is 112 Å². The predicted octanol–water partition coefficient (Wildman–Crippen LogP) is 6.46. The Morgan fingerprint density at radius 2 is 1.74 bits per heavy atom. The number of hydrogen-bond acceptors (Lipinski definition) is 5. The Labute approximate surface area is 213 Å². The van der Waals surface area contributed by atoms with E-state index >= 15 is 0 Å². The fraction of sp³-hybridized carbons (Fsp3) is 0.148. The normalized spacial score (nSPS) is 14.9. The van der Waals surface area contributed by atoms with Gasteiger partial charge in [-0.15, -0.1) is 5.10 Å². The smallest absolute Gasteiger partial charge is 0.255 e. The molecule has 6 nitrogen and oxygen atoms in total. The van der Waals surface area contributed by atoms with Gasteiger partial charge in [-0.1, -0.05) is 84.0 Å². The highest BCUT2D eigenvalue weighted by Crippen LogP contribution is 2.37. The van der Waals surface area contributed by atoms with Gasteiger partial charge in [-0.05, 0) is 48.7 Å². The van der Waals surface area contributed by atoms with Crippen LogP contribution < -0.4 is 10.6 Å². The number of fused-ring (bicyclic) bond motifs is 1. The Morgan fingerprint density at radius 3 is 2.49 bits per heavy atom. The summed E-state index contributed by atoms with van der Waals surface area (Å²) in [4.78, 5) is 18.3. The van der Waals surface area contributed by atoms with Crippen molar-refractivity contribution in [2.45, 2.75) is 30.8 Å². The molecule has 0 unspecified atom stereocenters. The first kappa shape index (κ1) is 23.2. The van der Waals surface area contributed by atoms with Gasteiger partial charge in [-0.2, -0.15) is 4.98 Å². The van der Waals surface area contributed by atoms with Gasteiger partial charge in [0.15, 0.2) is 0 Å². The molecule has 0 fully saturated rings. The first-order valence-corrected chi connectivity index (χ1v) is 12.6. The lowest BCUT2D eigenvalue weighted by Crippen LogP contribution is -2.31. The Morgan fingerprint density at radius 1 is 1.03 bits per heavy atom. The van der Waals surface area contributed by atoms with E-state index in [0.29, 0.717) is 21.7 Å². The third-order valence-corrected chi connectivity index (χ3v) is 7.03. The largest absolute Gasteiger partial charge is 0.328 e. The number of nitrogens with zero attached hydrogens (tertiary/aromatic N) is 3. The molecule has 0 bridgehead atoms. The number of benzene rings is 3. The van der Waals surface area contributed by atoms with Crippen molar-refractivity contribution in [1.29, 1.82) is 0 Å². The molecule has 0 radical (unpaired) electrons. The molecule has 1 aliphatic rings. The van der Waals surface area contributed by atoms with Gasteiger partial charge in [0.05, 0.1) is 5.57 Å². The molecule has 1 aliphatic heterocycles. The number of para-hydroxylation sites is 1. The van der Waals surface area contributed by atoms with Crippen molar-refractivity contribution in [2.24, 2.45) is 0 Å². The Hall–Kier alpha value is -3.55. The van der Waals surface area contributed by atoms with Crippen LogP contribution in [0.25, 0.3) is 0 Å². The van der Waals surface area contributed by atoms with Crippen molar-refractivity contribution < 1.29 is 4.79 Å². The average Bonchev–Trinajstić information content (AvgIpc) is 3.27. The maximum Gasteiger partial charge on any atom is 0.255 e. The summed E-state index contributed by atoms with van der Waals surface area (Å²) in [5, 5.41) is 12.4. The van der Waals surface area contributed by atoms with Crippen LogP contribution in [0, 0.1) is 6.92 Å². The number of aromatic nitrogens is 3. The van der Waals surface area contributed by atoms with Gasteiger partial charge >= 0.3 is 0 Å². The molecule has 176 valence electrons. The molecule has 1 aromatic heterocycles. The fourth-order valence-electron chi connectivity index (χ4n) is 4.06. The number of hydrogen-bond donors (Lipinski definition) is 2. The lowest BCUT2D eigenvalue weighted by atomic mass is 9.95. The van der Waals surface area contributed by atoms with E-state index in [4.69, 9.17) is 21.7 Å². The van der Waals surface area contributed by atoms with Crippen molar-refractivity contribution in [2.75, 3.05) is 10.6 Å². The number of anilines is 2. The summed E-state index contributed by atoms with van der Waals surface area (Å²) < 4.78 is 1.79. The molecule has 1 amide bonds. The summed E-state index contributed by atoms with van der Waals surface area (Å²) in [6.45, 7) is 3.86. The van der Waals surface area contributed by atoms with Gasteiger partial charge in [0, 0.05) is 22.2 Å². The van der Waals surface area contributed by atoms with Crippen LogP contribution in [0.3, 0.4) is 0 Å². The first-order valence-electron chi connectivity index (χ1n) is 11.2. The van der Waals surface area contributed by atoms with E-state index in [9.17, 15) is 4.79 Å². The molecule has 4 aromatic rings. The second kappa shape index (κ2) is 9.98. The van der Waals surface area contributed by atoms with Crippen LogP contribution in [-0.4, -0.2) is 20.7 Å². The number of aryl methyl sites for hydroxylation is 1. The molecule has 0 saturated carbocycles. The van der Waals surface area contributed by atoms with Crippen molar-refractivity contribution in [1.82, 2.24) is 14.8 Å². The van der Waals surface area contributed by atoms with Crippen molar-refractivity contribution >= 4 is 40.9 Å². The summed E-state index contributed by atoms with van der Waals surface area (Å²) in [5.74, 6) is 1.16. The maximum atomic E-state index is 13.6. The first-order chi connectivity index (χ1) is 17.0. The van der Waals surface area contributed by atoms with Gasteiger partial charge in [-0.25, -0.2) is 4.68 Å². The summed E-state index contributed by atoms with van der Waals surface area (Å²) >= 11 is 7.72. The van der Waals surface area contributed by atoms with Gasteiger partial charge in [0.2, 0.25) is 11.1 Å². The minimum absolute atomic E-state index is 0.191. The molecular weight excluding hydrogens is 478 g/mol. The van der Waals surface area contributed by atoms with E-state index in [0.717, 1.165) is 28.3 Å². The topological polar surface area (TPSA) is 71.8 Å². The van der Waals surface area contributed by atoms with Crippen LogP contribution in [-0.2, 0) is 10.5 Å². The van der Waals surface area contributed by atoms with Crippen LogP contribution in [0.2, 0.25) is 5.02 Å². The molecule has 0 spiro atoms. The van der Waals surface area contributed by atoms with Crippen molar-refractivity contribution in [3.63, 3.8) is 0 Å². The number of amides is 1. The molecule has 2 N–H and O–H groups in total. The van der Waals surface area contributed by atoms with Crippen LogP contribution >= 0.6 is 23.4 Å². The quantitative estimate of drug-likeness (QED) is 0.297. The van der Waals surface area contributed by atoms with E-state index in [-0.39, 0.29) is 5.91 Å². The summed E-state index contributed by atoms with van der Waals surface area (Å²) in [5.41, 5.74) is 5.17. The van der Waals surface area contributed by atoms with E-state index in [1.54, 1.807) is 16.4 Å². The predicted molar refractivity (Wildman–Crippen MR) is 142 cm³/mol. The van der Waals surface area contributed by atoms with Crippen LogP contribution in [0.15, 0.2) is 95.3 Å². The molecule has 0 aliphatic carbocycles. The standard InChI is InChI=1S/C27H24ClN5OS/c1-17-8-6-7-11-22(17)30-25(34)23-18(2)29-26-31-27(35-16-19-9-4-3-5-10-19)32-33(26)24(23)20-12-14-21(28)15-13-20/h3-15,24H,16H2,1-2H3,(H,30,34)(H,29,31,32)/t24-/m0/s1. The lowest BCUT2D eigenvalue weighted by Gasteiger charge is -2.28. The van der Waals surface area contributed by atoms with Gasteiger partial charge in [-0.3, -0.25) is 4.79 Å². The number of thioether (sulfide) groups is 1. The highest BCUT2D eigenvalue weighted by Gasteiger charge is 2.34. The second-order valence-corrected chi connectivity index (χ2v) is 9.70. The molecule has 1 atom stereocenters. The van der Waals surface area contributed by atoms with Crippen LogP contribution in [0.5, 0.6) is 0 Å². The monoisotopic (exact) mass is 501 g/mol. The zero-order chi connectivity index (χ0) is 24.4. The number of halogens is 1. The Kier molecular flexibility index (Phi) is 6.61. The highest BCUT2D eigenvalue weighted by molar-refractivity contribution is 7.98. The number of nitrogens with one attached hydrogen (secondary N) is 2. The number of rotatable bonds is 6. The third-order valence-electron chi connectivity index (χ3n) is 5.87. The second-order valence-electron chi connectivity index (χ2n) is 8.32. The number of carbonyl (C=O) groups excluding carboxylic acids is 1. The van der Waals surface area contributed by atoms with Crippen LogP contribution in [0.4, 0.5) is 11.6 Å². The van der Waals surface area contributed by atoms with Gasteiger partial charge in [0.25, 0.3) is 5.91 Å². The molecule has 3 aromatic carbocycles. The minimum atomic E-state index is -0.453. The zero-order valence-corrected chi connectivity index (χ0v) is 20.9. The molecular formula is C27H24ClN5OS. The number of allylic oxidation sites excluding steroid dienone is 1. The summed E-state index contributed by atoms with van der Waals surface area (Å²) in [6.07, 6.45) is 0.